The molecule has 0 nitrogen and oxygen atoms in total. The van der Waals surface area contributed by atoms with E-state index in [-0.39, 0.29) is 39.7 Å². The Kier molecular flexibility index (Phi) is 19.2. The first-order valence-corrected chi connectivity index (χ1v) is 13.4. The third-order valence-corrected chi connectivity index (χ3v) is 4.87. The van der Waals surface area contributed by atoms with E-state index in [1.807, 2.05) is 0 Å². The van der Waals surface area contributed by atoms with Gasteiger partial charge in [-0.2, -0.15) is 12.1 Å². The van der Waals surface area contributed by atoms with E-state index in [4.69, 9.17) is 0 Å². The van der Waals surface area contributed by atoms with Crippen molar-refractivity contribution in [3.8, 4) is 0 Å². The fourth-order valence-corrected chi connectivity index (χ4v) is 3.31. The van der Waals surface area contributed by atoms with Crippen molar-refractivity contribution in [1.29, 1.82) is 0 Å². The van der Waals surface area contributed by atoms with E-state index in [2.05, 4.69) is 95.2 Å². The Balaban J connectivity index is -0.000000400. The molecule has 0 unspecified atom stereocenters. The van der Waals surface area contributed by atoms with Gasteiger partial charge in [-0.1, -0.05) is 37.1 Å². The third-order valence-electron chi connectivity index (χ3n) is 4.87. The number of hydrogen-bond acceptors (Lipinski definition) is 0. The molecule has 0 spiro atoms. The number of fused-ring (bicyclic) bond motifs is 2. The van der Waals surface area contributed by atoms with Crippen molar-refractivity contribution in [2.45, 2.75) is 40.5 Å². The van der Waals surface area contributed by atoms with Crippen LogP contribution >= 0.6 is 24.8 Å². The molecule has 0 bridgehead atoms. The molecule has 2 radical (unpaired) electrons. The van der Waals surface area contributed by atoms with Crippen LogP contribution in [0.1, 0.15) is 36.1 Å². The van der Waals surface area contributed by atoms with Crippen molar-refractivity contribution >= 4 is 53.2 Å². The molecule has 4 heteroatoms. The molecule has 0 saturated heterocycles. The summed E-state index contributed by atoms with van der Waals surface area (Å²) in [5.74, 6) is 0. The van der Waals surface area contributed by atoms with Crippen LogP contribution in [0.15, 0.2) is 60.7 Å². The number of aryl methyl sites for hydroxylation is 4. The van der Waals surface area contributed by atoms with Crippen molar-refractivity contribution in [3.63, 3.8) is 0 Å². The van der Waals surface area contributed by atoms with Crippen LogP contribution in [0.25, 0.3) is 21.5 Å². The van der Waals surface area contributed by atoms with Gasteiger partial charge in [0.05, 0.1) is 0 Å². The second kappa shape index (κ2) is 17.0. The summed E-state index contributed by atoms with van der Waals surface area (Å²) in [6, 6.07) is 22.1. The predicted molar refractivity (Wildman–Crippen MR) is 140 cm³/mol. The summed E-state index contributed by atoms with van der Waals surface area (Å²) in [6.07, 6.45) is 2.27. The van der Waals surface area contributed by atoms with E-state index < -0.39 is 0 Å². The molecular weight excluding hydrogens is 503 g/mol. The van der Waals surface area contributed by atoms with E-state index in [9.17, 15) is 0 Å². The van der Waals surface area contributed by atoms with Crippen LogP contribution in [0, 0.1) is 28.7 Å². The Morgan fingerprint density at radius 1 is 0.700 bits per heavy atom. The van der Waals surface area contributed by atoms with Crippen LogP contribution in [0.4, 0.5) is 0 Å². The second-order valence-corrected chi connectivity index (χ2v) is 6.59. The third kappa shape index (κ3) is 8.46. The summed E-state index contributed by atoms with van der Waals surface area (Å²) in [4.78, 5) is 0. The molecule has 0 atom stereocenters. The minimum absolute atomic E-state index is 0. The molecule has 0 aliphatic carbocycles. The predicted octanol–water partition coefficient (Wildman–Crippen LogP) is 8.22. The summed E-state index contributed by atoms with van der Waals surface area (Å²) < 4.78 is 0. The quantitative estimate of drug-likeness (QED) is 0.179. The van der Waals surface area contributed by atoms with Gasteiger partial charge >= 0.3 is 30.2 Å². The average Bonchev–Trinajstić information content (AvgIpc) is 3.29. The second-order valence-electron chi connectivity index (χ2n) is 6.59. The van der Waals surface area contributed by atoms with Crippen LogP contribution < -0.4 is 0 Å². The topological polar surface area (TPSA) is 0 Å². The van der Waals surface area contributed by atoms with Gasteiger partial charge in [0.15, 0.2) is 0 Å². The number of hydrogen-bond donors (Lipinski definition) is 0. The zero-order valence-corrected chi connectivity index (χ0v) is 24.1. The molecule has 0 aliphatic rings. The molecule has 0 N–H and O–H groups in total. The Bertz CT molecular complexity index is 905. The summed E-state index contributed by atoms with van der Waals surface area (Å²) in [5, 5.41) is 5.59. The van der Waals surface area contributed by atoms with E-state index >= 15 is 0 Å². The van der Waals surface area contributed by atoms with Crippen LogP contribution in [-0.4, -0.2) is 6.88 Å². The van der Waals surface area contributed by atoms with Crippen molar-refractivity contribution in [2.75, 3.05) is 0 Å². The number of halogens is 2. The van der Waals surface area contributed by atoms with E-state index in [0.29, 0.717) is 0 Å². The molecule has 4 aromatic rings. The van der Waals surface area contributed by atoms with Crippen molar-refractivity contribution in [1.82, 2.24) is 0 Å². The molecule has 0 fully saturated rings. The van der Waals surface area contributed by atoms with Gasteiger partial charge in [-0.15, -0.1) is 93.9 Å². The Hall–Kier alpha value is -0.660. The molecule has 0 amide bonds. The molecule has 0 saturated carbocycles. The number of benzene rings is 2. The number of rotatable bonds is 2. The normalized spacial score (nSPS) is 8.77. The molecule has 4 rings (SSSR count). The molecule has 0 heterocycles. The maximum absolute atomic E-state index is 3.06. The Morgan fingerprint density at radius 3 is 1.30 bits per heavy atom. The van der Waals surface area contributed by atoms with Gasteiger partial charge < -0.3 is 14.9 Å². The van der Waals surface area contributed by atoms with Crippen LogP contribution in [0.2, 0.25) is 0 Å². The van der Waals surface area contributed by atoms with Crippen LogP contribution in [-0.2, 0) is 36.2 Å². The fraction of sp³-hybridized carbons (Fsp3) is 0.231. The molecule has 0 aromatic heterocycles. The van der Waals surface area contributed by atoms with E-state index in [1.165, 1.54) is 67.1 Å². The molecule has 164 valence electrons. The van der Waals surface area contributed by atoms with Crippen molar-refractivity contribution in [3.05, 3.63) is 97.8 Å². The first kappa shape index (κ1) is 34.0. The zero-order chi connectivity index (χ0) is 19.1. The zero-order valence-electron chi connectivity index (χ0n) is 19.0. The van der Waals surface area contributed by atoms with Crippen LogP contribution in [0.3, 0.4) is 0 Å². The Morgan fingerprint density at radius 2 is 1.03 bits per heavy atom. The molecule has 4 aromatic carbocycles. The standard InChI is InChI=1S/2C12H13.2CH3.2ClH.Si.Zr/c2*1-3-10-7-11-6-4-5-9(2)12(11)8-10;;;;;;/h2*4-8H,3H2,1-2H3;2*1H3;2*1H;;/q4*-1;;;;. The summed E-state index contributed by atoms with van der Waals surface area (Å²) >= 11 is 1.36. The van der Waals surface area contributed by atoms with Crippen LogP contribution in [0.5, 0.6) is 0 Å². The van der Waals surface area contributed by atoms with Gasteiger partial charge in [0.1, 0.15) is 0 Å². The monoisotopic (exact) mass is 534 g/mol. The first-order valence-electron chi connectivity index (χ1n) is 9.17. The van der Waals surface area contributed by atoms with Gasteiger partial charge in [-0.25, -0.2) is 0 Å². The maximum atomic E-state index is 3.06. The van der Waals surface area contributed by atoms with Gasteiger partial charge in [0.2, 0.25) is 0 Å². The van der Waals surface area contributed by atoms with Gasteiger partial charge in [-0.3, -0.25) is 0 Å². The van der Waals surface area contributed by atoms with Gasteiger partial charge in [0, 0.05) is 0 Å². The van der Waals surface area contributed by atoms with Crippen molar-refractivity contribution in [2.24, 2.45) is 0 Å². The molecule has 30 heavy (non-hydrogen) atoms. The molecular formula is C26H34Cl2SiZr-4. The van der Waals surface area contributed by atoms with Crippen molar-refractivity contribution < 1.29 is 23.3 Å². The summed E-state index contributed by atoms with van der Waals surface area (Å²) in [5.41, 5.74) is 5.65. The minimum atomic E-state index is 0. The average molecular weight is 537 g/mol. The molecule has 0 aliphatic heterocycles. The summed E-state index contributed by atoms with van der Waals surface area (Å²) in [6.45, 7) is 11.8. The first-order chi connectivity index (χ1) is 12.6. The van der Waals surface area contributed by atoms with E-state index in [1.54, 1.807) is 0 Å². The van der Waals surface area contributed by atoms with Gasteiger partial charge in [-0.05, 0) is 26.7 Å². The Labute approximate surface area is 213 Å². The fourth-order valence-electron chi connectivity index (χ4n) is 3.31. The SMILES string of the molecule is CCc1cc2c(C)cccc2[cH-]1.CCc1cc2c(C)cccc2[cH-]1.Cl.Cl.[CH3-].[CH3-].[Si]=[Zr]. The van der Waals surface area contributed by atoms with Gasteiger partial charge in [0.25, 0.3) is 0 Å². The van der Waals surface area contributed by atoms with E-state index in [0.717, 1.165) is 12.8 Å². The summed E-state index contributed by atoms with van der Waals surface area (Å²) in [7, 11) is 0.